The Balaban J connectivity index is 1.46. The van der Waals surface area contributed by atoms with Crippen LogP contribution >= 0.6 is 0 Å². The fourth-order valence-electron chi connectivity index (χ4n) is 5.71. The van der Waals surface area contributed by atoms with E-state index in [2.05, 4.69) is 36.2 Å². The molecule has 3 aromatic carbocycles. The van der Waals surface area contributed by atoms with Crippen molar-refractivity contribution in [1.29, 1.82) is 0 Å². The standard InChI is InChI=1S/C29H27N3O3/c1-18-9-3-5-11-20(18)28-27-22(21-12-6-7-13-23(21)30-27)15-24-29(34)31(17-26(33)32(24)28)16-19-10-4-8-14-25(19)35-2/h3-14,24,28,30H,15-17H2,1-2H3/t24-,28?/m0/s1. The van der Waals surface area contributed by atoms with Gasteiger partial charge in [-0.1, -0.05) is 60.7 Å². The van der Waals surface area contributed by atoms with E-state index >= 15 is 0 Å². The average molecular weight is 466 g/mol. The Morgan fingerprint density at radius 2 is 1.71 bits per heavy atom. The summed E-state index contributed by atoms with van der Waals surface area (Å²) in [5, 5.41) is 1.11. The predicted octanol–water partition coefficient (Wildman–Crippen LogP) is 4.37. The summed E-state index contributed by atoms with van der Waals surface area (Å²) in [7, 11) is 1.62. The molecule has 2 atom stereocenters. The number of aromatic amines is 1. The van der Waals surface area contributed by atoms with Gasteiger partial charge in [0.15, 0.2) is 0 Å². The SMILES string of the molecule is COc1ccccc1CN1CC(=O)N2C(c3ccccc3C)c3[nH]c4ccccc4c3C[C@H]2C1=O. The van der Waals surface area contributed by atoms with Gasteiger partial charge in [0.1, 0.15) is 18.3 Å². The summed E-state index contributed by atoms with van der Waals surface area (Å²) >= 11 is 0. The zero-order chi connectivity index (χ0) is 24.1. The first-order valence-electron chi connectivity index (χ1n) is 11.9. The van der Waals surface area contributed by atoms with Gasteiger partial charge in [-0.2, -0.15) is 0 Å². The Kier molecular flexibility index (Phi) is 5.10. The van der Waals surface area contributed by atoms with Gasteiger partial charge in [0.05, 0.1) is 13.2 Å². The second-order valence-corrected chi connectivity index (χ2v) is 9.35. The van der Waals surface area contributed by atoms with Crippen molar-refractivity contribution in [2.75, 3.05) is 13.7 Å². The minimum absolute atomic E-state index is 0.0231. The number of aromatic nitrogens is 1. The Bertz CT molecular complexity index is 1460. The van der Waals surface area contributed by atoms with Crippen LogP contribution in [0.5, 0.6) is 5.75 Å². The highest BCUT2D eigenvalue weighted by Crippen LogP contribution is 2.43. The van der Waals surface area contributed by atoms with E-state index in [1.165, 1.54) is 0 Å². The van der Waals surface area contributed by atoms with Gasteiger partial charge < -0.3 is 19.5 Å². The lowest BCUT2D eigenvalue weighted by atomic mass is 9.85. The number of amides is 2. The molecular formula is C29H27N3O3. The highest BCUT2D eigenvalue weighted by molar-refractivity contribution is 5.97. The number of benzene rings is 3. The van der Waals surface area contributed by atoms with E-state index < -0.39 is 6.04 Å². The van der Waals surface area contributed by atoms with Crippen LogP contribution in [0.1, 0.15) is 34.0 Å². The second-order valence-electron chi connectivity index (χ2n) is 9.35. The molecular weight excluding hydrogens is 438 g/mol. The number of aryl methyl sites for hydroxylation is 1. The normalized spacial score (nSPS) is 19.6. The molecule has 1 N–H and O–H groups in total. The molecule has 1 saturated heterocycles. The Labute approximate surface area is 204 Å². The number of H-pyrrole nitrogens is 1. The van der Waals surface area contributed by atoms with E-state index in [1.54, 1.807) is 12.0 Å². The van der Waals surface area contributed by atoms with E-state index in [0.29, 0.717) is 13.0 Å². The van der Waals surface area contributed by atoms with Crippen molar-refractivity contribution in [3.05, 3.63) is 101 Å². The molecule has 1 unspecified atom stereocenters. The number of carbonyl (C=O) groups is 2. The molecule has 176 valence electrons. The third-order valence-electron chi connectivity index (χ3n) is 7.38. The van der Waals surface area contributed by atoms with Crippen LogP contribution in [-0.2, 0) is 22.6 Å². The molecule has 35 heavy (non-hydrogen) atoms. The summed E-state index contributed by atoms with van der Waals surface area (Å²) in [6.07, 6.45) is 0.495. The van der Waals surface area contributed by atoms with Crippen LogP contribution in [0.25, 0.3) is 10.9 Å². The molecule has 0 radical (unpaired) electrons. The molecule has 1 fully saturated rings. The molecule has 3 heterocycles. The van der Waals surface area contributed by atoms with E-state index in [4.69, 9.17) is 4.74 Å². The molecule has 2 aliphatic heterocycles. The van der Waals surface area contributed by atoms with Gasteiger partial charge in [-0.15, -0.1) is 0 Å². The molecule has 2 aliphatic rings. The molecule has 6 heteroatoms. The maximum atomic E-state index is 13.9. The van der Waals surface area contributed by atoms with Gasteiger partial charge in [-0.25, -0.2) is 0 Å². The average Bonchev–Trinajstić information content (AvgIpc) is 3.25. The largest absolute Gasteiger partial charge is 0.496 e. The van der Waals surface area contributed by atoms with E-state index in [1.807, 2.05) is 53.4 Å². The molecule has 1 aromatic heterocycles. The van der Waals surface area contributed by atoms with Crippen molar-refractivity contribution >= 4 is 22.7 Å². The number of piperazine rings is 1. The monoisotopic (exact) mass is 465 g/mol. The third-order valence-corrected chi connectivity index (χ3v) is 7.38. The summed E-state index contributed by atoms with van der Waals surface area (Å²) < 4.78 is 5.49. The first kappa shape index (κ1) is 21.5. The van der Waals surface area contributed by atoms with Crippen LogP contribution in [0.15, 0.2) is 72.8 Å². The van der Waals surface area contributed by atoms with Crippen LogP contribution in [0.2, 0.25) is 0 Å². The third kappa shape index (κ3) is 3.40. The minimum atomic E-state index is -0.553. The maximum Gasteiger partial charge on any atom is 0.246 e. The number of hydrogen-bond acceptors (Lipinski definition) is 3. The molecule has 0 aliphatic carbocycles. The van der Waals surface area contributed by atoms with Gasteiger partial charge in [0.25, 0.3) is 0 Å². The number of rotatable bonds is 4. The molecule has 6 rings (SSSR count). The van der Waals surface area contributed by atoms with Crippen LogP contribution < -0.4 is 4.74 Å². The van der Waals surface area contributed by atoms with Crippen molar-refractivity contribution in [2.45, 2.75) is 32.0 Å². The number of nitrogens with one attached hydrogen (secondary N) is 1. The van der Waals surface area contributed by atoms with Crippen LogP contribution in [0.3, 0.4) is 0 Å². The summed E-state index contributed by atoms with van der Waals surface area (Å²) in [6.45, 7) is 2.45. The maximum absolute atomic E-state index is 13.9. The van der Waals surface area contributed by atoms with Crippen LogP contribution in [-0.4, -0.2) is 46.3 Å². The second kappa shape index (κ2) is 8.31. The molecule has 4 aromatic rings. The number of nitrogens with zero attached hydrogens (tertiary/aromatic N) is 2. The lowest BCUT2D eigenvalue weighted by Crippen LogP contribution is -2.62. The number of para-hydroxylation sites is 2. The van der Waals surface area contributed by atoms with Gasteiger partial charge in [0.2, 0.25) is 11.8 Å². The summed E-state index contributed by atoms with van der Waals surface area (Å²) in [4.78, 5) is 34.7. The molecule has 2 amide bonds. The van der Waals surface area contributed by atoms with E-state index in [0.717, 1.165) is 44.6 Å². The zero-order valence-corrected chi connectivity index (χ0v) is 19.8. The van der Waals surface area contributed by atoms with Gasteiger partial charge >= 0.3 is 0 Å². The van der Waals surface area contributed by atoms with Crippen molar-refractivity contribution in [1.82, 2.24) is 14.8 Å². The highest BCUT2D eigenvalue weighted by Gasteiger charge is 2.48. The summed E-state index contributed by atoms with van der Waals surface area (Å²) in [5.41, 5.74) is 6.20. The summed E-state index contributed by atoms with van der Waals surface area (Å²) in [5.74, 6) is 0.655. The number of carbonyl (C=O) groups excluding carboxylic acids is 2. The fraction of sp³-hybridized carbons (Fsp3) is 0.241. The lowest BCUT2D eigenvalue weighted by molar-refractivity contribution is -0.159. The van der Waals surface area contributed by atoms with E-state index in [-0.39, 0.29) is 24.4 Å². The number of hydrogen-bond donors (Lipinski definition) is 1. The fourth-order valence-corrected chi connectivity index (χ4v) is 5.71. The minimum Gasteiger partial charge on any atom is -0.496 e. The first-order chi connectivity index (χ1) is 17.1. The molecule has 6 nitrogen and oxygen atoms in total. The van der Waals surface area contributed by atoms with Crippen molar-refractivity contribution in [3.8, 4) is 5.75 Å². The topological polar surface area (TPSA) is 65.6 Å². The van der Waals surface area contributed by atoms with E-state index in [9.17, 15) is 9.59 Å². The summed E-state index contributed by atoms with van der Waals surface area (Å²) in [6, 6.07) is 23.1. The first-order valence-corrected chi connectivity index (χ1v) is 11.9. The smallest absolute Gasteiger partial charge is 0.246 e. The zero-order valence-electron chi connectivity index (χ0n) is 19.8. The predicted molar refractivity (Wildman–Crippen MR) is 134 cm³/mol. The number of ether oxygens (including phenoxy) is 1. The number of fused-ring (bicyclic) bond motifs is 4. The van der Waals surface area contributed by atoms with Crippen molar-refractivity contribution in [3.63, 3.8) is 0 Å². The Hall–Kier alpha value is -4.06. The Morgan fingerprint density at radius 1 is 0.971 bits per heavy atom. The van der Waals surface area contributed by atoms with Crippen molar-refractivity contribution < 1.29 is 14.3 Å². The van der Waals surface area contributed by atoms with Gasteiger partial charge in [-0.3, -0.25) is 9.59 Å². The quantitative estimate of drug-likeness (QED) is 0.487. The Morgan fingerprint density at radius 3 is 2.54 bits per heavy atom. The van der Waals surface area contributed by atoms with Crippen LogP contribution in [0, 0.1) is 6.92 Å². The highest BCUT2D eigenvalue weighted by atomic mass is 16.5. The van der Waals surface area contributed by atoms with Gasteiger partial charge in [-0.05, 0) is 35.7 Å². The van der Waals surface area contributed by atoms with Crippen LogP contribution in [0.4, 0.5) is 0 Å². The van der Waals surface area contributed by atoms with Crippen molar-refractivity contribution in [2.24, 2.45) is 0 Å². The lowest BCUT2D eigenvalue weighted by Gasteiger charge is -2.47. The van der Waals surface area contributed by atoms with Gasteiger partial charge in [0, 0.05) is 35.1 Å². The molecule has 0 saturated carbocycles. The molecule has 0 bridgehead atoms. The molecule has 0 spiro atoms. The number of methoxy groups -OCH3 is 1.